The molecule has 8 heteroatoms. The Bertz CT molecular complexity index is 685. The van der Waals surface area contributed by atoms with Gasteiger partial charge in [-0.25, -0.2) is 4.99 Å². The Balaban J connectivity index is 0.00000450. The van der Waals surface area contributed by atoms with Crippen molar-refractivity contribution in [2.45, 2.75) is 58.0 Å². The van der Waals surface area contributed by atoms with E-state index in [9.17, 15) is 9.59 Å². The second-order valence-electron chi connectivity index (χ2n) is 7.67. The van der Waals surface area contributed by atoms with Crippen molar-refractivity contribution in [3.8, 4) is 0 Å². The number of amides is 2. The maximum absolute atomic E-state index is 12.1. The molecular formula is C22H36IN5O2. The number of hydrogen-bond donors (Lipinski definition) is 3. The number of nitrogens with one attached hydrogen (secondary N) is 3. The molecule has 0 heterocycles. The summed E-state index contributed by atoms with van der Waals surface area (Å²) < 4.78 is 0. The number of hydrogen-bond acceptors (Lipinski definition) is 3. The average molecular weight is 529 g/mol. The van der Waals surface area contributed by atoms with Gasteiger partial charge in [0.25, 0.3) is 5.91 Å². The van der Waals surface area contributed by atoms with E-state index in [1.165, 1.54) is 19.3 Å². The second kappa shape index (κ2) is 14.2. The van der Waals surface area contributed by atoms with Crippen LogP contribution in [-0.2, 0) is 11.3 Å². The van der Waals surface area contributed by atoms with E-state index in [0.717, 1.165) is 24.9 Å². The van der Waals surface area contributed by atoms with Crippen LogP contribution in [0.4, 0.5) is 0 Å². The summed E-state index contributed by atoms with van der Waals surface area (Å²) in [5, 5.41) is 9.55. The molecule has 0 aliphatic heterocycles. The summed E-state index contributed by atoms with van der Waals surface area (Å²) in [6, 6.07) is 7.83. The lowest BCUT2D eigenvalue weighted by molar-refractivity contribution is -0.121. The zero-order chi connectivity index (χ0) is 21.1. The Morgan fingerprint density at radius 3 is 2.33 bits per heavy atom. The third-order valence-electron chi connectivity index (χ3n) is 4.99. The number of carbonyl (C=O) groups is 2. The van der Waals surface area contributed by atoms with Gasteiger partial charge in [0.05, 0.1) is 6.54 Å². The second-order valence-corrected chi connectivity index (χ2v) is 7.67. The monoisotopic (exact) mass is 529 g/mol. The number of guanidine groups is 1. The van der Waals surface area contributed by atoms with E-state index in [1.807, 2.05) is 31.2 Å². The first-order valence-corrected chi connectivity index (χ1v) is 10.6. The lowest BCUT2D eigenvalue weighted by Gasteiger charge is -2.22. The fraction of sp³-hybridized carbons (Fsp3) is 0.591. The summed E-state index contributed by atoms with van der Waals surface area (Å²) in [6.07, 6.45) is 6.34. The van der Waals surface area contributed by atoms with Gasteiger partial charge < -0.3 is 20.9 Å². The molecule has 1 fully saturated rings. The fourth-order valence-electron chi connectivity index (χ4n) is 3.36. The van der Waals surface area contributed by atoms with Crippen LogP contribution in [0.1, 0.15) is 61.4 Å². The van der Waals surface area contributed by atoms with Gasteiger partial charge in [0, 0.05) is 45.2 Å². The maximum Gasteiger partial charge on any atom is 0.253 e. The summed E-state index contributed by atoms with van der Waals surface area (Å²) in [6.45, 7) is 3.80. The highest BCUT2D eigenvalue weighted by molar-refractivity contribution is 14.0. The highest BCUT2D eigenvalue weighted by atomic mass is 127. The molecule has 168 valence electrons. The first-order chi connectivity index (χ1) is 14.0. The topological polar surface area (TPSA) is 85.8 Å². The Hall–Kier alpha value is -1.84. The Morgan fingerprint density at radius 2 is 1.73 bits per heavy atom. The molecule has 1 saturated carbocycles. The Morgan fingerprint density at radius 1 is 1.07 bits per heavy atom. The van der Waals surface area contributed by atoms with Gasteiger partial charge in [-0.05, 0) is 37.5 Å². The lowest BCUT2D eigenvalue weighted by Crippen LogP contribution is -2.41. The van der Waals surface area contributed by atoms with Gasteiger partial charge in [-0.1, -0.05) is 31.4 Å². The van der Waals surface area contributed by atoms with Gasteiger partial charge in [0.1, 0.15) is 0 Å². The number of nitrogens with zero attached hydrogens (tertiary/aromatic N) is 2. The smallest absolute Gasteiger partial charge is 0.253 e. The van der Waals surface area contributed by atoms with E-state index < -0.39 is 0 Å². The molecule has 2 amide bonds. The van der Waals surface area contributed by atoms with Gasteiger partial charge in [-0.3, -0.25) is 9.59 Å². The van der Waals surface area contributed by atoms with Crippen LogP contribution in [0.15, 0.2) is 29.3 Å². The SMILES string of the molecule is CCNC(=NCc1ccc(C(=O)N(C)C)cc1)NCCC(=O)NC1CCCCC1.I. The van der Waals surface area contributed by atoms with E-state index in [0.29, 0.717) is 37.1 Å². The van der Waals surface area contributed by atoms with E-state index in [-0.39, 0.29) is 35.8 Å². The van der Waals surface area contributed by atoms with E-state index in [1.54, 1.807) is 19.0 Å². The average Bonchev–Trinajstić information content (AvgIpc) is 2.72. The molecule has 0 saturated heterocycles. The van der Waals surface area contributed by atoms with Gasteiger partial charge in [0.2, 0.25) is 5.91 Å². The number of carbonyl (C=O) groups excluding carboxylic acids is 2. The molecule has 1 aliphatic carbocycles. The maximum atomic E-state index is 12.1. The van der Waals surface area contributed by atoms with Crippen molar-refractivity contribution in [2.24, 2.45) is 4.99 Å². The predicted molar refractivity (Wildman–Crippen MR) is 132 cm³/mol. The fourth-order valence-corrected chi connectivity index (χ4v) is 3.36. The largest absolute Gasteiger partial charge is 0.357 e. The van der Waals surface area contributed by atoms with Crippen LogP contribution in [0, 0.1) is 0 Å². The third-order valence-corrected chi connectivity index (χ3v) is 4.99. The third kappa shape index (κ3) is 9.32. The highest BCUT2D eigenvalue weighted by Gasteiger charge is 2.15. The summed E-state index contributed by atoms with van der Waals surface area (Å²) >= 11 is 0. The highest BCUT2D eigenvalue weighted by Crippen LogP contribution is 2.17. The minimum Gasteiger partial charge on any atom is -0.357 e. The summed E-state index contributed by atoms with van der Waals surface area (Å²) in [4.78, 5) is 30.2. The number of rotatable bonds is 8. The van der Waals surface area contributed by atoms with Crippen LogP contribution in [0.25, 0.3) is 0 Å². The molecule has 1 aromatic rings. The molecule has 0 bridgehead atoms. The van der Waals surface area contributed by atoms with Crippen molar-refractivity contribution in [2.75, 3.05) is 27.2 Å². The molecule has 1 aliphatic rings. The van der Waals surface area contributed by atoms with Crippen molar-refractivity contribution in [1.82, 2.24) is 20.9 Å². The first kappa shape index (κ1) is 26.2. The van der Waals surface area contributed by atoms with Crippen LogP contribution in [0.3, 0.4) is 0 Å². The quantitative estimate of drug-likeness (QED) is 0.275. The molecule has 0 aromatic heterocycles. The minimum absolute atomic E-state index is 0. The number of aliphatic imine (C=N–C) groups is 1. The summed E-state index contributed by atoms with van der Waals surface area (Å²) in [7, 11) is 3.48. The summed E-state index contributed by atoms with van der Waals surface area (Å²) in [5.74, 6) is 0.773. The van der Waals surface area contributed by atoms with Crippen LogP contribution in [0.5, 0.6) is 0 Å². The van der Waals surface area contributed by atoms with E-state index >= 15 is 0 Å². The molecule has 0 atom stereocenters. The molecule has 30 heavy (non-hydrogen) atoms. The van der Waals surface area contributed by atoms with Crippen LogP contribution in [0.2, 0.25) is 0 Å². The zero-order valence-electron chi connectivity index (χ0n) is 18.4. The zero-order valence-corrected chi connectivity index (χ0v) is 20.7. The number of benzene rings is 1. The van der Waals surface area contributed by atoms with E-state index in [2.05, 4.69) is 20.9 Å². The molecule has 0 radical (unpaired) electrons. The standard InChI is InChI=1S/C22H35N5O2.HI/c1-4-23-22(24-15-14-20(28)26-19-8-6-5-7-9-19)25-16-17-10-12-18(13-11-17)21(29)27(2)3;/h10-13,19H,4-9,14-16H2,1-3H3,(H,26,28)(H2,23,24,25);1H. The molecule has 7 nitrogen and oxygen atoms in total. The van der Waals surface area contributed by atoms with Gasteiger partial charge in [-0.15, -0.1) is 24.0 Å². The summed E-state index contributed by atoms with van der Waals surface area (Å²) in [5.41, 5.74) is 1.68. The van der Waals surface area contributed by atoms with Gasteiger partial charge >= 0.3 is 0 Å². The number of halogens is 1. The van der Waals surface area contributed by atoms with Gasteiger partial charge in [-0.2, -0.15) is 0 Å². The van der Waals surface area contributed by atoms with Crippen molar-refractivity contribution < 1.29 is 9.59 Å². The lowest BCUT2D eigenvalue weighted by atomic mass is 9.95. The van der Waals surface area contributed by atoms with Crippen LogP contribution < -0.4 is 16.0 Å². The van der Waals surface area contributed by atoms with Crippen molar-refractivity contribution in [3.63, 3.8) is 0 Å². The van der Waals surface area contributed by atoms with E-state index in [4.69, 9.17) is 0 Å². The molecule has 0 unspecified atom stereocenters. The van der Waals surface area contributed by atoms with Crippen molar-refractivity contribution in [3.05, 3.63) is 35.4 Å². The van der Waals surface area contributed by atoms with Gasteiger partial charge in [0.15, 0.2) is 5.96 Å². The molecule has 1 aromatic carbocycles. The molecule has 0 spiro atoms. The normalized spacial score (nSPS) is 14.4. The minimum atomic E-state index is -0.0124. The molecule has 3 N–H and O–H groups in total. The van der Waals surface area contributed by atoms with Crippen molar-refractivity contribution in [1.29, 1.82) is 0 Å². The molecular weight excluding hydrogens is 493 g/mol. The molecule has 2 rings (SSSR count). The Kier molecular flexibility index (Phi) is 12.4. The Labute approximate surface area is 197 Å². The predicted octanol–water partition coefficient (Wildman–Crippen LogP) is 2.90. The van der Waals surface area contributed by atoms with Crippen LogP contribution in [-0.4, -0.2) is 55.9 Å². The van der Waals surface area contributed by atoms with Crippen LogP contribution >= 0.6 is 24.0 Å². The van der Waals surface area contributed by atoms with Crippen molar-refractivity contribution >= 4 is 41.8 Å². The first-order valence-electron chi connectivity index (χ1n) is 10.6.